The molecule has 1 atom stereocenters. The average Bonchev–Trinajstić information content (AvgIpc) is 3.36. The Morgan fingerprint density at radius 1 is 1.26 bits per heavy atom. The molecule has 0 aliphatic carbocycles. The van der Waals surface area contributed by atoms with Crippen LogP contribution in [0.1, 0.15) is 28.0 Å². The fourth-order valence-corrected chi connectivity index (χ4v) is 3.51. The highest BCUT2D eigenvalue weighted by atomic mass is 16.5. The zero-order valence-electron chi connectivity index (χ0n) is 17.6. The number of aromatic nitrogens is 2. The van der Waals surface area contributed by atoms with E-state index in [1.165, 1.54) is 10.8 Å². The Morgan fingerprint density at radius 2 is 1.94 bits per heavy atom. The predicted octanol–water partition coefficient (Wildman–Crippen LogP) is 1.02. The number of amides is 2. The largest absolute Gasteiger partial charge is 0.497 e. The van der Waals surface area contributed by atoms with Crippen molar-refractivity contribution in [3.05, 3.63) is 47.7 Å². The van der Waals surface area contributed by atoms with Gasteiger partial charge in [0.15, 0.2) is 5.69 Å². The molecule has 0 saturated carbocycles. The van der Waals surface area contributed by atoms with Gasteiger partial charge >= 0.3 is 0 Å². The van der Waals surface area contributed by atoms with Gasteiger partial charge in [0.2, 0.25) is 5.91 Å². The van der Waals surface area contributed by atoms with Crippen LogP contribution in [0.3, 0.4) is 0 Å². The van der Waals surface area contributed by atoms with E-state index < -0.39 is 5.91 Å². The third kappa shape index (κ3) is 4.80. The number of hydrogen-bond acceptors (Lipinski definition) is 6. The molecule has 1 aliphatic heterocycles. The van der Waals surface area contributed by atoms with E-state index in [9.17, 15) is 9.59 Å². The lowest BCUT2D eigenvalue weighted by Crippen LogP contribution is -2.27. The summed E-state index contributed by atoms with van der Waals surface area (Å²) in [6, 6.07) is 5.21. The number of methoxy groups -OCH3 is 2. The summed E-state index contributed by atoms with van der Waals surface area (Å²) in [6.07, 6.45) is 2.10. The van der Waals surface area contributed by atoms with Gasteiger partial charge in [-0.15, -0.1) is 0 Å². The van der Waals surface area contributed by atoms with Gasteiger partial charge in [0.05, 0.1) is 14.2 Å². The standard InChI is InChI=1S/C22H25N5O4/c1-4-19(28)26-8-7-15(12-26)13-27-21(23)20(22(24)29)18(25-27)6-5-14-9-16(30-2)11-17(10-14)31-3/h4,9-11,15H,1,7-8,12-13,23H2,2-3H3,(H2,24,29). The van der Waals surface area contributed by atoms with Gasteiger partial charge in [-0.1, -0.05) is 12.5 Å². The quantitative estimate of drug-likeness (QED) is 0.528. The number of hydrogen-bond donors (Lipinski definition) is 2. The molecule has 9 nitrogen and oxygen atoms in total. The Morgan fingerprint density at radius 3 is 2.52 bits per heavy atom. The number of nitrogens with two attached hydrogens (primary N) is 2. The second kappa shape index (κ2) is 9.26. The van der Waals surface area contributed by atoms with Crippen LogP contribution in [0.2, 0.25) is 0 Å². The number of nitrogens with zero attached hydrogens (tertiary/aromatic N) is 3. The minimum Gasteiger partial charge on any atom is -0.497 e. The Hall–Kier alpha value is -3.93. The molecule has 2 heterocycles. The van der Waals surface area contributed by atoms with E-state index in [1.54, 1.807) is 37.3 Å². The van der Waals surface area contributed by atoms with Crippen LogP contribution in [-0.4, -0.2) is 53.8 Å². The Balaban J connectivity index is 1.88. The van der Waals surface area contributed by atoms with Crippen molar-refractivity contribution in [1.82, 2.24) is 14.7 Å². The highest BCUT2D eigenvalue weighted by molar-refractivity contribution is 5.99. The maximum Gasteiger partial charge on any atom is 0.255 e. The van der Waals surface area contributed by atoms with E-state index in [0.717, 1.165) is 6.42 Å². The molecule has 1 aromatic heterocycles. The van der Waals surface area contributed by atoms with E-state index in [1.807, 2.05) is 0 Å². The van der Waals surface area contributed by atoms with Crippen molar-refractivity contribution in [2.45, 2.75) is 13.0 Å². The zero-order valence-corrected chi connectivity index (χ0v) is 17.6. The van der Waals surface area contributed by atoms with Crippen molar-refractivity contribution in [3.8, 4) is 23.3 Å². The lowest BCUT2D eigenvalue weighted by Gasteiger charge is -2.14. The van der Waals surface area contributed by atoms with Crippen molar-refractivity contribution in [1.29, 1.82) is 0 Å². The first-order valence-electron chi connectivity index (χ1n) is 9.68. The van der Waals surface area contributed by atoms with Crippen molar-refractivity contribution in [2.24, 2.45) is 11.7 Å². The molecular formula is C22H25N5O4. The number of likely N-dealkylation sites (tertiary alicyclic amines) is 1. The molecule has 2 amide bonds. The molecule has 1 fully saturated rings. The second-order valence-electron chi connectivity index (χ2n) is 7.15. The van der Waals surface area contributed by atoms with Gasteiger partial charge in [0.1, 0.15) is 22.9 Å². The number of primary amides is 1. The Labute approximate surface area is 180 Å². The summed E-state index contributed by atoms with van der Waals surface area (Å²) < 4.78 is 12.0. The molecule has 0 bridgehead atoms. The van der Waals surface area contributed by atoms with Crippen LogP contribution in [-0.2, 0) is 11.3 Å². The van der Waals surface area contributed by atoms with Gasteiger partial charge in [0.25, 0.3) is 5.91 Å². The normalized spacial score (nSPS) is 15.2. The molecule has 0 spiro atoms. The van der Waals surface area contributed by atoms with Gasteiger partial charge in [0, 0.05) is 31.3 Å². The Kier molecular flexibility index (Phi) is 6.50. The molecule has 1 unspecified atom stereocenters. The highest BCUT2D eigenvalue weighted by Crippen LogP contribution is 2.24. The number of anilines is 1. The number of carbonyl (C=O) groups excluding carboxylic acids is 2. The van der Waals surface area contributed by atoms with E-state index in [-0.39, 0.29) is 28.9 Å². The highest BCUT2D eigenvalue weighted by Gasteiger charge is 2.27. The molecule has 1 aliphatic rings. The fourth-order valence-electron chi connectivity index (χ4n) is 3.51. The molecule has 2 aromatic rings. The SMILES string of the molecule is C=CC(=O)N1CCC(Cn2nc(C#Cc3cc(OC)cc(OC)c3)c(C(N)=O)c2N)C1. The molecule has 31 heavy (non-hydrogen) atoms. The molecule has 9 heteroatoms. The molecule has 1 aromatic carbocycles. The first-order chi connectivity index (χ1) is 14.9. The minimum absolute atomic E-state index is 0.0828. The van der Waals surface area contributed by atoms with Crippen LogP contribution >= 0.6 is 0 Å². The summed E-state index contributed by atoms with van der Waals surface area (Å²) in [5.41, 5.74) is 12.6. The summed E-state index contributed by atoms with van der Waals surface area (Å²) in [5, 5.41) is 4.42. The summed E-state index contributed by atoms with van der Waals surface area (Å²) >= 11 is 0. The number of carbonyl (C=O) groups is 2. The lowest BCUT2D eigenvalue weighted by molar-refractivity contribution is -0.125. The van der Waals surface area contributed by atoms with E-state index >= 15 is 0 Å². The zero-order chi connectivity index (χ0) is 22.5. The van der Waals surface area contributed by atoms with Crippen LogP contribution in [0, 0.1) is 17.8 Å². The number of nitrogen functional groups attached to an aromatic ring is 1. The van der Waals surface area contributed by atoms with Crippen molar-refractivity contribution in [2.75, 3.05) is 33.0 Å². The van der Waals surface area contributed by atoms with Crippen molar-refractivity contribution < 1.29 is 19.1 Å². The third-order valence-corrected chi connectivity index (χ3v) is 5.12. The van der Waals surface area contributed by atoms with Gasteiger partial charge in [-0.05, 0) is 36.5 Å². The van der Waals surface area contributed by atoms with Gasteiger partial charge in [-0.25, -0.2) is 4.68 Å². The molecular weight excluding hydrogens is 398 g/mol. The predicted molar refractivity (Wildman–Crippen MR) is 116 cm³/mol. The van der Waals surface area contributed by atoms with Crippen LogP contribution < -0.4 is 20.9 Å². The topological polar surface area (TPSA) is 126 Å². The molecule has 162 valence electrons. The molecule has 3 rings (SSSR count). The Bertz CT molecular complexity index is 1060. The summed E-state index contributed by atoms with van der Waals surface area (Å²) in [4.78, 5) is 25.5. The fraction of sp³-hybridized carbons (Fsp3) is 0.318. The summed E-state index contributed by atoms with van der Waals surface area (Å²) in [7, 11) is 3.10. The van der Waals surface area contributed by atoms with E-state index in [2.05, 4.69) is 23.5 Å². The minimum atomic E-state index is -0.703. The maximum atomic E-state index is 12.0. The van der Waals surface area contributed by atoms with Gasteiger partial charge in [-0.3, -0.25) is 9.59 Å². The van der Waals surface area contributed by atoms with Crippen LogP contribution in [0.15, 0.2) is 30.9 Å². The van der Waals surface area contributed by atoms with Crippen LogP contribution in [0.5, 0.6) is 11.5 Å². The average molecular weight is 423 g/mol. The summed E-state index contributed by atoms with van der Waals surface area (Å²) in [5.74, 6) is 6.52. The van der Waals surface area contributed by atoms with Crippen LogP contribution in [0.4, 0.5) is 5.82 Å². The smallest absolute Gasteiger partial charge is 0.255 e. The lowest BCUT2D eigenvalue weighted by atomic mass is 10.1. The van der Waals surface area contributed by atoms with Crippen molar-refractivity contribution in [3.63, 3.8) is 0 Å². The molecule has 1 saturated heterocycles. The third-order valence-electron chi connectivity index (χ3n) is 5.12. The van der Waals surface area contributed by atoms with Crippen LogP contribution in [0.25, 0.3) is 0 Å². The molecule has 4 N–H and O–H groups in total. The monoisotopic (exact) mass is 423 g/mol. The van der Waals surface area contributed by atoms with E-state index in [0.29, 0.717) is 36.7 Å². The number of benzene rings is 1. The first kappa shape index (κ1) is 21.8. The number of ether oxygens (including phenoxy) is 2. The first-order valence-corrected chi connectivity index (χ1v) is 9.68. The van der Waals surface area contributed by atoms with Crippen molar-refractivity contribution >= 4 is 17.6 Å². The molecule has 0 radical (unpaired) electrons. The van der Waals surface area contributed by atoms with Gasteiger partial charge < -0.3 is 25.8 Å². The van der Waals surface area contributed by atoms with Gasteiger partial charge in [-0.2, -0.15) is 5.10 Å². The van der Waals surface area contributed by atoms with E-state index in [4.69, 9.17) is 20.9 Å². The number of rotatable bonds is 6. The summed E-state index contributed by atoms with van der Waals surface area (Å²) in [6.45, 7) is 5.18. The maximum absolute atomic E-state index is 12.0. The second-order valence-corrected chi connectivity index (χ2v) is 7.15.